The minimum atomic E-state index is -0.205. The minimum absolute atomic E-state index is 0.198. The Morgan fingerprint density at radius 2 is 2.25 bits per heavy atom. The third-order valence-corrected chi connectivity index (χ3v) is 2.99. The lowest BCUT2D eigenvalue weighted by atomic mass is 9.97. The summed E-state index contributed by atoms with van der Waals surface area (Å²) in [5.41, 5.74) is 1.72. The summed E-state index contributed by atoms with van der Waals surface area (Å²) < 4.78 is 19.1. The Morgan fingerprint density at radius 1 is 1.38 bits per heavy atom. The standard InChI is InChI=1S/C13H12FNO/c1-8-4-10-5-11(14)6-12(13(10)16-8)9-2-3-15-7-9/h4-7,9H,2-3H2,1H3. The molecule has 1 unspecified atom stereocenters. The molecule has 1 aliphatic heterocycles. The maximum absolute atomic E-state index is 13.5. The summed E-state index contributed by atoms with van der Waals surface area (Å²) >= 11 is 0. The Hall–Kier alpha value is -1.64. The summed E-state index contributed by atoms with van der Waals surface area (Å²) in [7, 11) is 0. The number of fused-ring (bicyclic) bond motifs is 1. The van der Waals surface area contributed by atoms with Crippen molar-refractivity contribution < 1.29 is 8.81 Å². The predicted octanol–water partition coefficient (Wildman–Crippen LogP) is 3.44. The van der Waals surface area contributed by atoms with Gasteiger partial charge in [-0.1, -0.05) is 0 Å². The zero-order chi connectivity index (χ0) is 11.1. The van der Waals surface area contributed by atoms with Crippen LogP contribution in [-0.2, 0) is 0 Å². The van der Waals surface area contributed by atoms with Crippen LogP contribution >= 0.6 is 0 Å². The van der Waals surface area contributed by atoms with Crippen molar-refractivity contribution in [2.75, 3.05) is 6.54 Å². The normalized spacial score (nSPS) is 19.8. The van der Waals surface area contributed by atoms with E-state index in [4.69, 9.17) is 4.42 Å². The largest absolute Gasteiger partial charge is 0.461 e. The summed E-state index contributed by atoms with van der Waals surface area (Å²) in [6.07, 6.45) is 2.84. The molecule has 1 aromatic heterocycles. The van der Waals surface area contributed by atoms with Crippen molar-refractivity contribution in [2.24, 2.45) is 4.99 Å². The first-order valence-electron chi connectivity index (χ1n) is 5.43. The molecule has 1 aromatic carbocycles. The number of nitrogens with zero attached hydrogens (tertiary/aromatic N) is 1. The predicted molar refractivity (Wildman–Crippen MR) is 61.6 cm³/mol. The van der Waals surface area contributed by atoms with Crippen LogP contribution < -0.4 is 0 Å². The van der Waals surface area contributed by atoms with Crippen molar-refractivity contribution in [2.45, 2.75) is 19.3 Å². The van der Waals surface area contributed by atoms with Crippen molar-refractivity contribution in [3.63, 3.8) is 0 Å². The molecule has 0 saturated carbocycles. The van der Waals surface area contributed by atoms with E-state index >= 15 is 0 Å². The van der Waals surface area contributed by atoms with Gasteiger partial charge in [0, 0.05) is 29.6 Å². The lowest BCUT2D eigenvalue weighted by Gasteiger charge is -2.07. The van der Waals surface area contributed by atoms with Crippen molar-refractivity contribution in [1.82, 2.24) is 0 Å². The zero-order valence-electron chi connectivity index (χ0n) is 9.03. The molecule has 0 radical (unpaired) electrons. The lowest BCUT2D eigenvalue weighted by molar-refractivity contribution is 0.570. The van der Waals surface area contributed by atoms with Gasteiger partial charge in [-0.25, -0.2) is 4.39 Å². The highest BCUT2D eigenvalue weighted by molar-refractivity contribution is 5.86. The van der Waals surface area contributed by atoms with Gasteiger partial charge in [0.25, 0.3) is 0 Å². The lowest BCUT2D eigenvalue weighted by Crippen LogP contribution is -1.97. The monoisotopic (exact) mass is 217 g/mol. The smallest absolute Gasteiger partial charge is 0.138 e. The number of aryl methyl sites for hydroxylation is 1. The maximum atomic E-state index is 13.5. The van der Waals surface area contributed by atoms with Gasteiger partial charge in [-0.3, -0.25) is 4.99 Å². The quantitative estimate of drug-likeness (QED) is 0.718. The summed E-state index contributed by atoms with van der Waals surface area (Å²) in [4.78, 5) is 4.20. The number of rotatable bonds is 1. The third kappa shape index (κ3) is 1.43. The average Bonchev–Trinajstić information content (AvgIpc) is 2.83. The van der Waals surface area contributed by atoms with E-state index in [1.54, 1.807) is 6.07 Å². The van der Waals surface area contributed by atoms with Crippen LogP contribution in [0.3, 0.4) is 0 Å². The van der Waals surface area contributed by atoms with E-state index in [0.29, 0.717) is 0 Å². The molecule has 0 saturated heterocycles. The Bertz CT molecular complexity index is 571. The number of benzene rings is 1. The van der Waals surface area contributed by atoms with Crippen molar-refractivity contribution in [3.8, 4) is 0 Å². The fraction of sp³-hybridized carbons (Fsp3) is 0.308. The molecular weight excluding hydrogens is 205 g/mol. The molecule has 16 heavy (non-hydrogen) atoms. The van der Waals surface area contributed by atoms with Gasteiger partial charge in [0.1, 0.15) is 17.2 Å². The van der Waals surface area contributed by atoms with Gasteiger partial charge < -0.3 is 4.42 Å². The van der Waals surface area contributed by atoms with Gasteiger partial charge in [0.05, 0.1) is 0 Å². The first-order chi connectivity index (χ1) is 7.74. The SMILES string of the molecule is Cc1cc2cc(F)cc(C3C=NCC3)c2o1. The molecule has 3 rings (SSSR count). The molecule has 2 nitrogen and oxygen atoms in total. The van der Waals surface area contributed by atoms with Crippen LogP contribution in [-0.4, -0.2) is 12.8 Å². The van der Waals surface area contributed by atoms with Crippen LogP contribution in [0.4, 0.5) is 4.39 Å². The summed E-state index contributed by atoms with van der Waals surface area (Å²) in [6.45, 7) is 2.70. The molecule has 0 bridgehead atoms. The van der Waals surface area contributed by atoms with E-state index in [0.717, 1.165) is 35.3 Å². The van der Waals surface area contributed by atoms with E-state index in [1.165, 1.54) is 6.07 Å². The number of halogens is 1. The first kappa shape index (κ1) is 9.58. The molecule has 1 atom stereocenters. The number of aliphatic imine (C=N–C) groups is 1. The molecule has 0 aliphatic carbocycles. The Morgan fingerprint density at radius 3 is 3.00 bits per heavy atom. The molecular formula is C13H12FNO. The summed E-state index contributed by atoms with van der Waals surface area (Å²) in [5.74, 6) is 0.809. The van der Waals surface area contributed by atoms with Crippen LogP contribution in [0.5, 0.6) is 0 Å². The molecule has 2 aromatic rings. The van der Waals surface area contributed by atoms with Crippen molar-refractivity contribution in [1.29, 1.82) is 0 Å². The minimum Gasteiger partial charge on any atom is -0.461 e. The van der Waals surface area contributed by atoms with Crippen molar-refractivity contribution >= 4 is 17.2 Å². The molecule has 1 aliphatic rings. The van der Waals surface area contributed by atoms with E-state index in [-0.39, 0.29) is 11.7 Å². The highest BCUT2D eigenvalue weighted by atomic mass is 19.1. The molecule has 0 spiro atoms. The molecule has 3 heteroatoms. The van der Waals surface area contributed by atoms with Gasteiger partial charge in [-0.15, -0.1) is 0 Å². The first-order valence-corrected chi connectivity index (χ1v) is 5.43. The van der Waals surface area contributed by atoms with Crippen LogP contribution in [0.1, 0.15) is 23.7 Å². The highest BCUT2D eigenvalue weighted by Gasteiger charge is 2.19. The van der Waals surface area contributed by atoms with Crippen LogP contribution in [0, 0.1) is 12.7 Å². The van der Waals surface area contributed by atoms with E-state index < -0.39 is 0 Å². The van der Waals surface area contributed by atoms with E-state index in [2.05, 4.69) is 4.99 Å². The maximum Gasteiger partial charge on any atom is 0.138 e. The molecule has 2 heterocycles. The second-order valence-corrected chi connectivity index (χ2v) is 4.22. The molecule has 0 N–H and O–H groups in total. The summed E-state index contributed by atoms with van der Waals surface area (Å²) in [5, 5.41) is 0.841. The number of hydrogen-bond acceptors (Lipinski definition) is 2. The zero-order valence-corrected chi connectivity index (χ0v) is 9.03. The molecule has 0 amide bonds. The Balaban J connectivity index is 2.24. The second-order valence-electron chi connectivity index (χ2n) is 4.22. The second kappa shape index (κ2) is 3.44. The van der Waals surface area contributed by atoms with E-state index in [9.17, 15) is 4.39 Å². The van der Waals surface area contributed by atoms with Gasteiger partial charge >= 0.3 is 0 Å². The van der Waals surface area contributed by atoms with Gasteiger partial charge in [-0.05, 0) is 31.5 Å². The van der Waals surface area contributed by atoms with E-state index in [1.807, 2.05) is 19.2 Å². The number of furan rings is 1. The number of hydrogen-bond donors (Lipinski definition) is 0. The fourth-order valence-corrected chi connectivity index (χ4v) is 2.27. The summed E-state index contributed by atoms with van der Waals surface area (Å²) in [6, 6.07) is 4.95. The molecule has 82 valence electrons. The molecule has 0 fully saturated rings. The Kier molecular flexibility index (Phi) is 2.06. The van der Waals surface area contributed by atoms with Crippen molar-refractivity contribution in [3.05, 3.63) is 35.3 Å². The fourth-order valence-electron chi connectivity index (χ4n) is 2.27. The van der Waals surface area contributed by atoms with Gasteiger partial charge in [0.15, 0.2) is 0 Å². The van der Waals surface area contributed by atoms with Crippen LogP contribution in [0.15, 0.2) is 27.6 Å². The Labute approximate surface area is 92.8 Å². The topological polar surface area (TPSA) is 25.5 Å². The highest BCUT2D eigenvalue weighted by Crippen LogP contribution is 2.31. The van der Waals surface area contributed by atoms with Gasteiger partial charge in [-0.2, -0.15) is 0 Å². The average molecular weight is 217 g/mol. The van der Waals surface area contributed by atoms with Crippen LogP contribution in [0.2, 0.25) is 0 Å². The van der Waals surface area contributed by atoms with Gasteiger partial charge in [0.2, 0.25) is 0 Å². The third-order valence-electron chi connectivity index (χ3n) is 2.99. The van der Waals surface area contributed by atoms with Crippen LogP contribution in [0.25, 0.3) is 11.0 Å².